The summed E-state index contributed by atoms with van der Waals surface area (Å²) < 4.78 is 1.57. The maximum absolute atomic E-state index is 12.0. The predicted molar refractivity (Wildman–Crippen MR) is 75.9 cm³/mol. The molecule has 21 heavy (non-hydrogen) atoms. The molecule has 1 aromatic carbocycles. The lowest BCUT2D eigenvalue weighted by atomic mass is 10.2. The van der Waals surface area contributed by atoms with E-state index in [0.29, 0.717) is 6.54 Å². The minimum Gasteiger partial charge on any atom is -0.346 e. The molecule has 0 atom stereocenters. The molecule has 0 saturated heterocycles. The van der Waals surface area contributed by atoms with Gasteiger partial charge in [0.25, 0.3) is 5.91 Å². The molecule has 3 rings (SSSR count). The van der Waals surface area contributed by atoms with Gasteiger partial charge in [-0.25, -0.2) is 4.68 Å². The monoisotopic (exact) mass is 282 g/mol. The first-order valence-electron chi connectivity index (χ1n) is 6.49. The topological polar surface area (TPSA) is 88.5 Å². The molecule has 7 nitrogen and oxygen atoms in total. The van der Waals surface area contributed by atoms with Crippen LogP contribution in [-0.2, 0) is 6.54 Å². The molecule has 7 heteroatoms. The van der Waals surface area contributed by atoms with E-state index < -0.39 is 0 Å². The summed E-state index contributed by atoms with van der Waals surface area (Å²) in [6.07, 6.45) is 3.29. The first-order chi connectivity index (χ1) is 10.2. The van der Waals surface area contributed by atoms with Gasteiger partial charge < -0.3 is 5.32 Å². The Hall–Kier alpha value is -2.96. The molecule has 106 valence electrons. The third-order valence-electron chi connectivity index (χ3n) is 3.12. The number of aromatic nitrogens is 5. The summed E-state index contributed by atoms with van der Waals surface area (Å²) in [6, 6.07) is 9.51. The van der Waals surface area contributed by atoms with Crippen LogP contribution in [0.2, 0.25) is 0 Å². The highest BCUT2D eigenvalue weighted by Gasteiger charge is 2.12. The molecule has 0 bridgehead atoms. The standard InChI is InChI=1S/C14H14N6O/c1-10-11(8-16-17-10)7-15-14(21)13-9-20(19-18-13)12-5-3-2-4-6-12/h2-6,8-9H,7H2,1H3,(H,15,21)(H,16,17). The molecule has 1 amide bonds. The summed E-state index contributed by atoms with van der Waals surface area (Å²) in [5.41, 5.74) is 3.01. The smallest absolute Gasteiger partial charge is 0.273 e. The van der Waals surface area contributed by atoms with E-state index in [9.17, 15) is 4.79 Å². The van der Waals surface area contributed by atoms with Gasteiger partial charge in [-0.15, -0.1) is 5.10 Å². The normalized spacial score (nSPS) is 10.5. The Labute approximate surface area is 121 Å². The molecular weight excluding hydrogens is 268 g/mol. The minimum absolute atomic E-state index is 0.266. The van der Waals surface area contributed by atoms with Gasteiger partial charge in [0.05, 0.1) is 18.1 Å². The van der Waals surface area contributed by atoms with Gasteiger partial charge >= 0.3 is 0 Å². The van der Waals surface area contributed by atoms with Crippen molar-refractivity contribution >= 4 is 5.91 Å². The van der Waals surface area contributed by atoms with E-state index in [4.69, 9.17) is 0 Å². The lowest BCUT2D eigenvalue weighted by Gasteiger charge is -2.01. The number of hydrogen-bond donors (Lipinski definition) is 2. The van der Waals surface area contributed by atoms with Crippen molar-refractivity contribution in [1.29, 1.82) is 0 Å². The fraction of sp³-hybridized carbons (Fsp3) is 0.143. The maximum atomic E-state index is 12.0. The molecule has 0 fully saturated rings. The minimum atomic E-state index is -0.266. The number of H-pyrrole nitrogens is 1. The molecule has 0 unspecified atom stereocenters. The Morgan fingerprint density at radius 3 is 2.86 bits per heavy atom. The van der Waals surface area contributed by atoms with Crippen molar-refractivity contribution in [3.63, 3.8) is 0 Å². The van der Waals surface area contributed by atoms with E-state index in [0.717, 1.165) is 16.9 Å². The summed E-state index contributed by atoms with van der Waals surface area (Å²) in [7, 11) is 0. The van der Waals surface area contributed by atoms with Crippen molar-refractivity contribution in [2.24, 2.45) is 0 Å². The van der Waals surface area contributed by atoms with Gasteiger partial charge in [-0.3, -0.25) is 9.89 Å². The van der Waals surface area contributed by atoms with Crippen LogP contribution in [0.4, 0.5) is 0 Å². The van der Waals surface area contributed by atoms with E-state index >= 15 is 0 Å². The van der Waals surface area contributed by atoms with Crippen LogP contribution in [0.1, 0.15) is 21.7 Å². The number of aryl methyl sites for hydroxylation is 1. The molecule has 0 aliphatic heterocycles. The van der Waals surface area contributed by atoms with Gasteiger partial charge in [-0.1, -0.05) is 23.4 Å². The summed E-state index contributed by atoms with van der Waals surface area (Å²) >= 11 is 0. The zero-order chi connectivity index (χ0) is 14.7. The number of nitrogens with zero attached hydrogens (tertiary/aromatic N) is 4. The van der Waals surface area contributed by atoms with Gasteiger partial charge in [-0.05, 0) is 19.1 Å². The second-order valence-electron chi connectivity index (χ2n) is 4.59. The number of benzene rings is 1. The van der Waals surface area contributed by atoms with E-state index in [-0.39, 0.29) is 11.6 Å². The van der Waals surface area contributed by atoms with E-state index in [1.165, 1.54) is 0 Å². The SMILES string of the molecule is Cc1[nH]ncc1CNC(=O)c1cn(-c2ccccc2)nn1. The van der Waals surface area contributed by atoms with Gasteiger partial charge in [-0.2, -0.15) is 5.10 Å². The summed E-state index contributed by atoms with van der Waals surface area (Å²) in [4.78, 5) is 12.0. The highest BCUT2D eigenvalue weighted by atomic mass is 16.2. The number of carbonyl (C=O) groups is 1. The number of nitrogens with one attached hydrogen (secondary N) is 2. The Morgan fingerprint density at radius 1 is 1.33 bits per heavy atom. The third-order valence-corrected chi connectivity index (χ3v) is 3.12. The summed E-state index contributed by atoms with van der Waals surface area (Å²) in [5.74, 6) is -0.266. The predicted octanol–water partition coefficient (Wildman–Crippen LogP) is 1.23. The maximum Gasteiger partial charge on any atom is 0.273 e. The highest BCUT2D eigenvalue weighted by molar-refractivity contribution is 5.91. The molecule has 0 saturated carbocycles. The van der Waals surface area contributed by atoms with Crippen LogP contribution >= 0.6 is 0 Å². The molecule has 0 aliphatic rings. The van der Waals surface area contributed by atoms with E-state index in [1.807, 2.05) is 37.3 Å². The van der Waals surface area contributed by atoms with Crippen LogP contribution in [0.15, 0.2) is 42.7 Å². The number of para-hydroxylation sites is 1. The Balaban J connectivity index is 1.69. The zero-order valence-corrected chi connectivity index (χ0v) is 11.4. The lowest BCUT2D eigenvalue weighted by molar-refractivity contribution is 0.0946. The first kappa shape index (κ1) is 13.0. The Kier molecular flexibility index (Phi) is 3.46. The van der Waals surface area contributed by atoms with Crippen LogP contribution in [-0.4, -0.2) is 31.1 Å². The Bertz CT molecular complexity index is 746. The second-order valence-corrected chi connectivity index (χ2v) is 4.59. The van der Waals surface area contributed by atoms with Gasteiger partial charge in [0, 0.05) is 17.8 Å². The highest BCUT2D eigenvalue weighted by Crippen LogP contribution is 2.06. The van der Waals surface area contributed by atoms with Crippen molar-refractivity contribution in [3.8, 4) is 5.69 Å². The van der Waals surface area contributed by atoms with Gasteiger partial charge in [0.15, 0.2) is 5.69 Å². The van der Waals surface area contributed by atoms with E-state index in [2.05, 4.69) is 25.8 Å². The van der Waals surface area contributed by atoms with E-state index in [1.54, 1.807) is 17.1 Å². The lowest BCUT2D eigenvalue weighted by Crippen LogP contribution is -2.23. The average Bonchev–Trinajstić information content (AvgIpc) is 3.15. The van der Waals surface area contributed by atoms with Crippen molar-refractivity contribution in [3.05, 3.63) is 59.7 Å². The van der Waals surface area contributed by atoms with Crippen molar-refractivity contribution in [2.45, 2.75) is 13.5 Å². The van der Waals surface area contributed by atoms with Crippen LogP contribution in [0.5, 0.6) is 0 Å². The van der Waals surface area contributed by atoms with Crippen molar-refractivity contribution in [2.75, 3.05) is 0 Å². The van der Waals surface area contributed by atoms with Crippen molar-refractivity contribution in [1.82, 2.24) is 30.5 Å². The first-order valence-corrected chi connectivity index (χ1v) is 6.49. The molecule has 2 aromatic heterocycles. The fourth-order valence-electron chi connectivity index (χ4n) is 1.89. The quantitative estimate of drug-likeness (QED) is 0.753. The largest absolute Gasteiger partial charge is 0.346 e. The third kappa shape index (κ3) is 2.81. The molecule has 2 N–H and O–H groups in total. The Morgan fingerprint density at radius 2 is 2.14 bits per heavy atom. The molecule has 2 heterocycles. The van der Waals surface area contributed by atoms with Gasteiger partial charge in [0.1, 0.15) is 0 Å². The molecule has 0 aliphatic carbocycles. The van der Waals surface area contributed by atoms with Crippen LogP contribution < -0.4 is 5.32 Å². The summed E-state index contributed by atoms with van der Waals surface area (Å²) in [5, 5.41) is 17.4. The van der Waals surface area contributed by atoms with Gasteiger partial charge in [0.2, 0.25) is 0 Å². The molecule has 3 aromatic rings. The zero-order valence-electron chi connectivity index (χ0n) is 11.4. The van der Waals surface area contributed by atoms with Crippen LogP contribution in [0.3, 0.4) is 0 Å². The number of hydrogen-bond acceptors (Lipinski definition) is 4. The number of amides is 1. The van der Waals surface area contributed by atoms with Crippen molar-refractivity contribution < 1.29 is 4.79 Å². The molecule has 0 spiro atoms. The number of rotatable bonds is 4. The summed E-state index contributed by atoms with van der Waals surface area (Å²) in [6.45, 7) is 2.31. The van der Waals surface area contributed by atoms with Crippen LogP contribution in [0, 0.1) is 6.92 Å². The molecular formula is C14H14N6O. The van der Waals surface area contributed by atoms with Crippen LogP contribution in [0.25, 0.3) is 5.69 Å². The molecule has 0 radical (unpaired) electrons. The number of aromatic amines is 1. The average molecular weight is 282 g/mol. The number of carbonyl (C=O) groups excluding carboxylic acids is 1. The second kappa shape index (κ2) is 5.58. The fourth-order valence-corrected chi connectivity index (χ4v) is 1.89.